The van der Waals surface area contributed by atoms with Crippen LogP contribution in [0, 0.1) is 11.3 Å². The van der Waals surface area contributed by atoms with Crippen LogP contribution in [0.2, 0.25) is 5.02 Å². The van der Waals surface area contributed by atoms with Gasteiger partial charge in [-0.2, -0.15) is 5.26 Å². The average molecular weight is 417 g/mol. The number of hydroxylamine groups is 2. The number of pyridine rings is 1. The van der Waals surface area contributed by atoms with Crippen LogP contribution < -0.4 is 10.3 Å². The number of aliphatic carboxylic acids is 1. The van der Waals surface area contributed by atoms with Gasteiger partial charge in [0.2, 0.25) is 0 Å². The van der Waals surface area contributed by atoms with E-state index in [1.54, 1.807) is 19.2 Å². The van der Waals surface area contributed by atoms with E-state index < -0.39 is 17.6 Å². The second-order valence-electron chi connectivity index (χ2n) is 6.19. The van der Waals surface area contributed by atoms with E-state index in [2.05, 4.69) is 4.99 Å². The first-order valence-corrected chi connectivity index (χ1v) is 8.86. The summed E-state index contributed by atoms with van der Waals surface area (Å²) in [7, 11) is 3.00. The van der Waals surface area contributed by atoms with Crippen molar-refractivity contribution < 1.29 is 19.5 Å². The molecule has 10 heteroatoms. The number of carbonyl (C=O) groups is 1. The van der Waals surface area contributed by atoms with E-state index in [0.29, 0.717) is 27.5 Å². The monoisotopic (exact) mass is 416 g/mol. The summed E-state index contributed by atoms with van der Waals surface area (Å²) in [5.41, 5.74) is 0.495. The molecule has 3 rings (SSSR count). The predicted molar refractivity (Wildman–Crippen MR) is 105 cm³/mol. The molecule has 1 N–H and O–H groups in total. The zero-order valence-electron chi connectivity index (χ0n) is 15.6. The van der Waals surface area contributed by atoms with Crippen molar-refractivity contribution in [2.45, 2.75) is 12.5 Å². The van der Waals surface area contributed by atoms with Crippen molar-refractivity contribution >= 4 is 23.4 Å². The summed E-state index contributed by atoms with van der Waals surface area (Å²) in [5, 5.41) is 20.8. The third kappa shape index (κ3) is 4.08. The Balaban J connectivity index is 2.11. The molecule has 0 saturated heterocycles. The number of nitriles is 1. The van der Waals surface area contributed by atoms with Crippen LogP contribution in [-0.2, 0) is 9.63 Å². The lowest BCUT2D eigenvalue weighted by atomic mass is 10.00. The molecule has 0 spiro atoms. The minimum Gasteiger partial charge on any atom is -0.495 e. The van der Waals surface area contributed by atoms with Crippen LogP contribution >= 0.6 is 11.6 Å². The van der Waals surface area contributed by atoms with Gasteiger partial charge in [0.15, 0.2) is 6.73 Å². The van der Waals surface area contributed by atoms with Gasteiger partial charge in [-0.3, -0.25) is 9.36 Å². The molecule has 2 heterocycles. The maximum absolute atomic E-state index is 12.8. The van der Waals surface area contributed by atoms with Gasteiger partial charge in [-0.15, -0.1) is 0 Å². The number of hydrogen-bond donors (Lipinski definition) is 1. The zero-order valence-corrected chi connectivity index (χ0v) is 16.4. The smallest absolute Gasteiger partial charge is 0.327 e. The predicted octanol–water partition coefficient (Wildman–Crippen LogP) is 2.30. The van der Waals surface area contributed by atoms with Crippen molar-refractivity contribution in [3.05, 3.63) is 51.4 Å². The van der Waals surface area contributed by atoms with Crippen molar-refractivity contribution in [1.82, 2.24) is 9.63 Å². The maximum atomic E-state index is 12.8. The molecular formula is C19H17ClN4O5. The van der Waals surface area contributed by atoms with E-state index in [1.165, 1.54) is 30.5 Å². The number of ether oxygens (including phenoxy) is 1. The third-order valence-corrected chi connectivity index (χ3v) is 4.75. The van der Waals surface area contributed by atoms with Gasteiger partial charge in [0.25, 0.3) is 5.56 Å². The van der Waals surface area contributed by atoms with Crippen LogP contribution in [0.1, 0.15) is 18.0 Å². The summed E-state index contributed by atoms with van der Waals surface area (Å²) in [6, 6.07) is 6.72. The molecule has 0 radical (unpaired) electrons. The van der Waals surface area contributed by atoms with E-state index in [-0.39, 0.29) is 18.9 Å². The second-order valence-corrected chi connectivity index (χ2v) is 6.63. The third-order valence-electron chi connectivity index (χ3n) is 4.51. The first kappa shape index (κ1) is 20.4. The van der Waals surface area contributed by atoms with Gasteiger partial charge in [0, 0.05) is 35.7 Å². The van der Waals surface area contributed by atoms with Crippen LogP contribution in [0.4, 0.5) is 0 Å². The molecule has 0 fully saturated rings. The molecule has 1 unspecified atom stereocenters. The molecule has 1 aromatic heterocycles. The number of benzene rings is 1. The lowest BCUT2D eigenvalue weighted by Crippen LogP contribution is -2.33. The van der Waals surface area contributed by atoms with E-state index in [0.717, 1.165) is 4.57 Å². The van der Waals surface area contributed by atoms with Gasteiger partial charge in [0.05, 0.1) is 24.9 Å². The number of rotatable bonds is 6. The number of carboxylic acids is 1. The highest BCUT2D eigenvalue weighted by Gasteiger charge is 2.28. The first-order chi connectivity index (χ1) is 13.8. The summed E-state index contributed by atoms with van der Waals surface area (Å²) >= 11 is 6.05. The summed E-state index contributed by atoms with van der Waals surface area (Å²) in [5.74, 6) is -0.563. The molecule has 29 heavy (non-hydrogen) atoms. The Morgan fingerprint density at radius 3 is 2.79 bits per heavy atom. The van der Waals surface area contributed by atoms with Gasteiger partial charge in [0.1, 0.15) is 17.6 Å². The molecule has 1 aromatic carbocycles. The number of aromatic nitrogens is 1. The standard InChI is InChI=1S/C19H17ClN4O5/c1-23-17(22-10-29-23)7-15(19(26)27)24-9-16(28-2)14(6-18(24)25)13-5-12(20)4-3-11(13)8-21/h3-6,9,15H,7,10H2,1-2H3,(H,26,27). The largest absolute Gasteiger partial charge is 0.495 e. The molecular weight excluding hydrogens is 400 g/mol. The lowest BCUT2D eigenvalue weighted by molar-refractivity contribution is -0.140. The summed E-state index contributed by atoms with van der Waals surface area (Å²) < 4.78 is 6.45. The SMILES string of the molecule is COc1cn(C(CC2=NCON2C)C(=O)O)c(=O)cc1-c1cc(Cl)ccc1C#N. The summed E-state index contributed by atoms with van der Waals surface area (Å²) in [4.78, 5) is 33.9. The van der Waals surface area contributed by atoms with Gasteiger partial charge < -0.3 is 9.84 Å². The molecule has 150 valence electrons. The number of nitrogens with zero attached hydrogens (tertiary/aromatic N) is 4. The van der Waals surface area contributed by atoms with E-state index in [1.807, 2.05) is 6.07 Å². The number of halogens is 1. The van der Waals surface area contributed by atoms with Crippen LogP contribution in [0.3, 0.4) is 0 Å². The highest BCUT2D eigenvalue weighted by Crippen LogP contribution is 2.33. The second kappa shape index (κ2) is 8.34. The van der Waals surface area contributed by atoms with E-state index >= 15 is 0 Å². The van der Waals surface area contributed by atoms with E-state index in [9.17, 15) is 20.0 Å². The Morgan fingerprint density at radius 2 is 2.21 bits per heavy atom. The van der Waals surface area contributed by atoms with Crippen molar-refractivity contribution in [3.63, 3.8) is 0 Å². The highest BCUT2D eigenvalue weighted by molar-refractivity contribution is 6.31. The minimum absolute atomic E-state index is 0.0468. The normalized spacial score (nSPS) is 14.3. The van der Waals surface area contributed by atoms with Crippen molar-refractivity contribution in [1.29, 1.82) is 5.26 Å². The number of amidine groups is 1. The zero-order chi connectivity index (χ0) is 21.1. The average Bonchev–Trinajstić information content (AvgIpc) is 3.10. The molecule has 1 aliphatic heterocycles. The molecule has 2 aromatic rings. The fraction of sp³-hybridized carbons (Fsp3) is 0.263. The number of carboxylic acid groups (broad SMARTS) is 1. The lowest BCUT2D eigenvalue weighted by Gasteiger charge is -2.20. The van der Waals surface area contributed by atoms with Crippen molar-refractivity contribution in [3.8, 4) is 22.9 Å². The van der Waals surface area contributed by atoms with Crippen LogP contribution in [-0.4, -0.2) is 47.4 Å². The highest BCUT2D eigenvalue weighted by atomic mass is 35.5. The van der Waals surface area contributed by atoms with Gasteiger partial charge in [-0.25, -0.2) is 19.7 Å². The number of methoxy groups -OCH3 is 1. The Bertz CT molecular complexity index is 1090. The first-order valence-electron chi connectivity index (χ1n) is 8.48. The van der Waals surface area contributed by atoms with Crippen LogP contribution in [0.25, 0.3) is 11.1 Å². The van der Waals surface area contributed by atoms with E-state index in [4.69, 9.17) is 21.2 Å². The van der Waals surface area contributed by atoms with Gasteiger partial charge in [-0.1, -0.05) is 11.6 Å². The molecule has 9 nitrogen and oxygen atoms in total. The molecule has 0 saturated carbocycles. The fourth-order valence-corrected chi connectivity index (χ4v) is 3.19. The minimum atomic E-state index is -1.22. The molecule has 1 atom stereocenters. The van der Waals surface area contributed by atoms with Crippen molar-refractivity contribution in [2.75, 3.05) is 20.9 Å². The maximum Gasteiger partial charge on any atom is 0.327 e. The molecule has 0 aliphatic carbocycles. The van der Waals surface area contributed by atoms with Gasteiger partial charge in [-0.05, 0) is 18.2 Å². The van der Waals surface area contributed by atoms with Crippen LogP contribution in [0.5, 0.6) is 5.75 Å². The molecule has 1 aliphatic rings. The summed E-state index contributed by atoms with van der Waals surface area (Å²) in [6.07, 6.45) is 1.27. The summed E-state index contributed by atoms with van der Waals surface area (Å²) in [6.45, 7) is 0.0982. The Kier molecular flexibility index (Phi) is 5.87. The topological polar surface area (TPSA) is 117 Å². The number of aliphatic imine (C=N–C) groups is 1. The Hall–Kier alpha value is -3.35. The Morgan fingerprint density at radius 1 is 1.45 bits per heavy atom. The van der Waals surface area contributed by atoms with Gasteiger partial charge >= 0.3 is 5.97 Å². The fourth-order valence-electron chi connectivity index (χ4n) is 3.02. The quantitative estimate of drug-likeness (QED) is 0.767. The van der Waals surface area contributed by atoms with Crippen LogP contribution in [0.15, 0.2) is 40.2 Å². The Labute approximate surface area is 170 Å². The van der Waals surface area contributed by atoms with Crippen molar-refractivity contribution in [2.24, 2.45) is 4.99 Å². The number of hydrogen-bond acceptors (Lipinski definition) is 7. The molecule has 0 bridgehead atoms. The molecule has 0 amide bonds.